The van der Waals surface area contributed by atoms with E-state index in [-0.39, 0.29) is 25.5 Å². The van der Waals surface area contributed by atoms with E-state index in [1.54, 1.807) is 42.5 Å². The summed E-state index contributed by atoms with van der Waals surface area (Å²) in [6.07, 6.45) is -0.518. The lowest BCUT2D eigenvalue weighted by Crippen LogP contribution is -2.59. The molecule has 0 saturated carbocycles. The van der Waals surface area contributed by atoms with E-state index in [2.05, 4.69) is 0 Å². The molecule has 1 aliphatic heterocycles. The molecular formula is C21H23FN2O5. The SMILES string of the molecule is COC[C@@]1(C(N)=O)CC[C@H](c2ccc(OCc3ccccc3F)cc2)N1C(=O)O. The van der Waals surface area contributed by atoms with Crippen LogP contribution < -0.4 is 10.5 Å². The van der Waals surface area contributed by atoms with Crippen LogP contribution in [0.2, 0.25) is 0 Å². The number of carboxylic acid groups (broad SMARTS) is 1. The van der Waals surface area contributed by atoms with E-state index in [9.17, 15) is 19.1 Å². The molecule has 1 heterocycles. The van der Waals surface area contributed by atoms with Crippen LogP contribution in [0.1, 0.15) is 30.0 Å². The first-order chi connectivity index (χ1) is 13.9. The van der Waals surface area contributed by atoms with E-state index in [0.717, 1.165) is 4.90 Å². The summed E-state index contributed by atoms with van der Waals surface area (Å²) < 4.78 is 24.4. The van der Waals surface area contributed by atoms with E-state index in [0.29, 0.717) is 23.3 Å². The molecule has 3 N–H and O–H groups in total. The van der Waals surface area contributed by atoms with Gasteiger partial charge >= 0.3 is 6.09 Å². The number of halogens is 1. The highest BCUT2D eigenvalue weighted by atomic mass is 19.1. The maximum absolute atomic E-state index is 13.7. The van der Waals surface area contributed by atoms with Crippen LogP contribution in [0.25, 0.3) is 0 Å². The van der Waals surface area contributed by atoms with E-state index >= 15 is 0 Å². The Morgan fingerprint density at radius 2 is 1.93 bits per heavy atom. The Balaban J connectivity index is 1.77. The van der Waals surface area contributed by atoms with Gasteiger partial charge in [-0.15, -0.1) is 0 Å². The van der Waals surface area contributed by atoms with Crippen molar-refractivity contribution in [3.8, 4) is 5.75 Å². The summed E-state index contributed by atoms with van der Waals surface area (Å²) in [4.78, 5) is 25.1. The van der Waals surface area contributed by atoms with Crippen LogP contribution in [0, 0.1) is 5.82 Å². The maximum atomic E-state index is 13.7. The van der Waals surface area contributed by atoms with Crippen LogP contribution in [0.5, 0.6) is 5.75 Å². The molecule has 8 heteroatoms. The molecule has 1 saturated heterocycles. The summed E-state index contributed by atoms with van der Waals surface area (Å²) in [6, 6.07) is 12.7. The highest BCUT2D eigenvalue weighted by Gasteiger charge is 2.53. The molecule has 0 unspecified atom stereocenters. The number of rotatable bonds is 7. The molecule has 2 aromatic rings. The third-order valence-corrected chi connectivity index (χ3v) is 5.27. The van der Waals surface area contributed by atoms with Crippen molar-refractivity contribution < 1.29 is 28.6 Å². The van der Waals surface area contributed by atoms with Crippen LogP contribution >= 0.6 is 0 Å². The number of methoxy groups -OCH3 is 1. The molecule has 29 heavy (non-hydrogen) atoms. The lowest BCUT2D eigenvalue weighted by Gasteiger charge is -2.36. The van der Waals surface area contributed by atoms with E-state index in [1.807, 2.05) is 0 Å². The van der Waals surface area contributed by atoms with Crippen LogP contribution in [-0.2, 0) is 16.1 Å². The zero-order valence-corrected chi connectivity index (χ0v) is 16.0. The fourth-order valence-electron chi connectivity index (χ4n) is 3.81. The minimum absolute atomic E-state index is 0.0787. The average Bonchev–Trinajstić information content (AvgIpc) is 3.09. The first-order valence-corrected chi connectivity index (χ1v) is 9.16. The normalized spacial score (nSPS) is 21.2. The van der Waals surface area contributed by atoms with Crippen molar-refractivity contribution in [3.63, 3.8) is 0 Å². The Hall–Kier alpha value is -3.13. The van der Waals surface area contributed by atoms with E-state index in [4.69, 9.17) is 15.2 Å². The monoisotopic (exact) mass is 402 g/mol. The van der Waals surface area contributed by atoms with Crippen LogP contribution in [0.4, 0.5) is 9.18 Å². The van der Waals surface area contributed by atoms with Crippen molar-refractivity contribution in [1.29, 1.82) is 0 Å². The van der Waals surface area contributed by atoms with Crippen molar-refractivity contribution in [3.05, 3.63) is 65.5 Å². The molecule has 0 aromatic heterocycles. The van der Waals surface area contributed by atoms with Crippen molar-refractivity contribution in [2.75, 3.05) is 13.7 Å². The summed E-state index contributed by atoms with van der Waals surface area (Å²) in [5.74, 6) is -0.544. The molecule has 154 valence electrons. The Labute approximate surface area is 167 Å². The van der Waals surface area contributed by atoms with Crippen LogP contribution in [-0.4, -0.2) is 41.3 Å². The average molecular weight is 402 g/mol. The molecule has 3 rings (SSSR count). The second kappa shape index (κ2) is 8.48. The van der Waals surface area contributed by atoms with Crippen LogP contribution in [0.15, 0.2) is 48.5 Å². The number of likely N-dealkylation sites (tertiary alicyclic amines) is 1. The molecule has 1 fully saturated rings. The number of carbonyl (C=O) groups is 2. The smallest absolute Gasteiger partial charge is 0.408 e. The fraction of sp³-hybridized carbons (Fsp3) is 0.333. The molecule has 2 amide bonds. The van der Waals surface area contributed by atoms with Crippen LogP contribution in [0.3, 0.4) is 0 Å². The van der Waals surface area contributed by atoms with Gasteiger partial charge in [0.2, 0.25) is 5.91 Å². The third-order valence-electron chi connectivity index (χ3n) is 5.27. The number of nitrogens with two attached hydrogens (primary N) is 1. The number of hydrogen-bond acceptors (Lipinski definition) is 4. The van der Waals surface area contributed by atoms with Gasteiger partial charge in [0.05, 0.1) is 12.6 Å². The summed E-state index contributed by atoms with van der Waals surface area (Å²) in [5.41, 5.74) is 5.30. The highest BCUT2D eigenvalue weighted by molar-refractivity contribution is 5.89. The minimum Gasteiger partial charge on any atom is -0.489 e. The van der Waals surface area contributed by atoms with Gasteiger partial charge < -0.3 is 20.3 Å². The number of amides is 2. The predicted molar refractivity (Wildman–Crippen MR) is 103 cm³/mol. The standard InChI is InChI=1S/C21H23FN2O5/c1-28-13-21(19(23)25)11-10-18(24(21)20(26)27)14-6-8-16(9-7-14)29-12-15-4-2-3-5-17(15)22/h2-9,18H,10-13H2,1H3,(H2,23,25)(H,26,27)/t18-,21-/m1/s1. The second-order valence-corrected chi connectivity index (χ2v) is 6.99. The van der Waals surface area contributed by atoms with Gasteiger partial charge in [0.25, 0.3) is 0 Å². The van der Waals surface area contributed by atoms with Gasteiger partial charge in [-0.25, -0.2) is 9.18 Å². The predicted octanol–water partition coefficient (Wildman–Crippen LogP) is 3.09. The lowest BCUT2D eigenvalue weighted by molar-refractivity contribution is -0.131. The maximum Gasteiger partial charge on any atom is 0.408 e. The molecule has 0 bridgehead atoms. The minimum atomic E-state index is -1.40. The Bertz CT molecular complexity index is 889. The lowest BCUT2D eigenvalue weighted by atomic mass is 9.96. The van der Waals surface area contributed by atoms with Crippen molar-refractivity contribution in [2.24, 2.45) is 5.73 Å². The first-order valence-electron chi connectivity index (χ1n) is 9.16. The largest absolute Gasteiger partial charge is 0.489 e. The summed E-state index contributed by atoms with van der Waals surface area (Å²) in [5, 5.41) is 9.75. The molecule has 2 atom stereocenters. The molecule has 0 radical (unpaired) electrons. The molecule has 7 nitrogen and oxygen atoms in total. The number of nitrogens with zero attached hydrogens (tertiary/aromatic N) is 1. The van der Waals surface area contributed by atoms with Gasteiger partial charge in [0, 0.05) is 12.7 Å². The van der Waals surface area contributed by atoms with E-state index in [1.165, 1.54) is 13.2 Å². The Kier molecular flexibility index (Phi) is 6.03. The number of benzene rings is 2. The van der Waals surface area contributed by atoms with Crippen molar-refractivity contribution >= 4 is 12.0 Å². The summed E-state index contributed by atoms with van der Waals surface area (Å²) in [7, 11) is 1.40. The molecule has 2 aromatic carbocycles. The summed E-state index contributed by atoms with van der Waals surface area (Å²) >= 11 is 0. The topological polar surface area (TPSA) is 102 Å². The van der Waals surface area contributed by atoms with Crippen molar-refractivity contribution in [1.82, 2.24) is 4.90 Å². The van der Waals surface area contributed by atoms with Gasteiger partial charge in [-0.3, -0.25) is 9.69 Å². The first kappa shape index (κ1) is 20.6. The molecule has 0 spiro atoms. The van der Waals surface area contributed by atoms with Gasteiger partial charge in [-0.1, -0.05) is 30.3 Å². The van der Waals surface area contributed by atoms with E-state index < -0.39 is 23.6 Å². The molecular weight excluding hydrogens is 379 g/mol. The van der Waals surface area contributed by atoms with Gasteiger partial charge in [0.15, 0.2) is 0 Å². The number of hydrogen-bond donors (Lipinski definition) is 2. The molecule has 1 aliphatic rings. The number of primary amides is 1. The zero-order valence-electron chi connectivity index (χ0n) is 16.0. The second-order valence-electron chi connectivity index (χ2n) is 6.99. The Morgan fingerprint density at radius 1 is 1.24 bits per heavy atom. The fourth-order valence-corrected chi connectivity index (χ4v) is 3.81. The van der Waals surface area contributed by atoms with Crippen molar-refractivity contribution in [2.45, 2.75) is 31.0 Å². The third kappa shape index (κ3) is 4.02. The number of carbonyl (C=O) groups excluding carboxylic acids is 1. The highest BCUT2D eigenvalue weighted by Crippen LogP contribution is 2.43. The molecule has 0 aliphatic carbocycles. The Morgan fingerprint density at radius 3 is 2.52 bits per heavy atom. The van der Waals surface area contributed by atoms with Gasteiger partial charge in [-0.2, -0.15) is 0 Å². The number of ether oxygens (including phenoxy) is 2. The van der Waals surface area contributed by atoms with Gasteiger partial charge in [0.1, 0.15) is 23.7 Å². The zero-order chi connectivity index (χ0) is 21.0. The summed E-state index contributed by atoms with van der Waals surface area (Å²) in [6.45, 7) is -0.0235. The van der Waals surface area contributed by atoms with Gasteiger partial charge in [-0.05, 0) is 36.6 Å². The quantitative estimate of drug-likeness (QED) is 0.741.